The van der Waals surface area contributed by atoms with E-state index in [1.165, 1.54) is 5.57 Å². The molecule has 0 fully saturated rings. The van der Waals surface area contributed by atoms with Crippen molar-refractivity contribution in [3.8, 4) is 0 Å². The van der Waals surface area contributed by atoms with Gasteiger partial charge < -0.3 is 0 Å². The highest BCUT2D eigenvalue weighted by Crippen LogP contribution is 2.34. The first-order valence-corrected chi connectivity index (χ1v) is 4.02. The summed E-state index contributed by atoms with van der Waals surface area (Å²) in [4.78, 5) is 0. The number of hydrogen-bond acceptors (Lipinski definition) is 0. The van der Waals surface area contributed by atoms with Gasteiger partial charge in [0, 0.05) is 5.41 Å². The van der Waals surface area contributed by atoms with Crippen molar-refractivity contribution in [1.82, 2.24) is 0 Å². The van der Waals surface area contributed by atoms with Gasteiger partial charge in [0.1, 0.15) is 0 Å². The number of rotatable bonds is 1. The van der Waals surface area contributed by atoms with Gasteiger partial charge in [-0.25, -0.2) is 0 Å². The van der Waals surface area contributed by atoms with E-state index < -0.39 is 0 Å². The minimum atomic E-state index is -0.0110. The van der Waals surface area contributed by atoms with Crippen LogP contribution in [0.4, 0.5) is 0 Å². The Morgan fingerprint density at radius 3 is 2.75 bits per heavy atom. The molecule has 0 radical (unpaired) electrons. The van der Waals surface area contributed by atoms with Gasteiger partial charge in [-0.05, 0) is 25.5 Å². The maximum atomic E-state index is 3.88. The van der Waals surface area contributed by atoms with Gasteiger partial charge in [0.2, 0.25) is 0 Å². The van der Waals surface area contributed by atoms with Crippen molar-refractivity contribution in [2.75, 3.05) is 0 Å². The Bertz CT molecular complexity index is 309. The lowest BCUT2D eigenvalue weighted by Crippen LogP contribution is -2.13. The van der Waals surface area contributed by atoms with Gasteiger partial charge in [-0.3, -0.25) is 0 Å². The van der Waals surface area contributed by atoms with Gasteiger partial charge in [-0.1, -0.05) is 37.0 Å². The summed E-state index contributed by atoms with van der Waals surface area (Å²) in [5.74, 6) is 0. The minimum absolute atomic E-state index is 0.0110. The average molecular weight is 158 g/mol. The highest BCUT2D eigenvalue weighted by atomic mass is 14.2. The van der Waals surface area contributed by atoms with Crippen molar-refractivity contribution >= 4 is 0 Å². The van der Waals surface area contributed by atoms with E-state index in [9.17, 15) is 0 Å². The minimum Gasteiger partial charge on any atom is -0.132 e. The van der Waals surface area contributed by atoms with Crippen molar-refractivity contribution in [1.29, 1.82) is 0 Å². The van der Waals surface area contributed by atoms with Crippen molar-refractivity contribution in [2.45, 2.75) is 13.8 Å². The quantitative estimate of drug-likeness (QED) is 0.513. The molecule has 0 aromatic carbocycles. The van der Waals surface area contributed by atoms with E-state index in [1.54, 1.807) is 0 Å². The molecular weight excluding hydrogens is 144 g/mol. The van der Waals surface area contributed by atoms with Crippen molar-refractivity contribution in [3.05, 3.63) is 54.3 Å². The lowest BCUT2D eigenvalue weighted by atomic mass is 9.78. The third-order valence-electron chi connectivity index (χ3n) is 2.30. The van der Waals surface area contributed by atoms with Crippen LogP contribution in [0.15, 0.2) is 54.3 Å². The Morgan fingerprint density at radius 1 is 1.58 bits per heavy atom. The normalized spacial score (nSPS) is 27.8. The molecule has 1 aliphatic carbocycles. The molecule has 0 nitrogen and oxygen atoms in total. The van der Waals surface area contributed by atoms with Crippen LogP contribution in [0.1, 0.15) is 13.8 Å². The predicted molar refractivity (Wildman–Crippen MR) is 53.9 cm³/mol. The van der Waals surface area contributed by atoms with Crippen LogP contribution in [0.2, 0.25) is 0 Å². The summed E-state index contributed by atoms with van der Waals surface area (Å²) < 4.78 is 0. The van der Waals surface area contributed by atoms with E-state index in [4.69, 9.17) is 0 Å². The van der Waals surface area contributed by atoms with E-state index in [0.29, 0.717) is 0 Å². The van der Waals surface area contributed by atoms with E-state index >= 15 is 0 Å². The number of allylic oxidation sites excluding steroid dienone is 6. The molecule has 1 rings (SSSR count). The highest BCUT2D eigenvalue weighted by molar-refractivity contribution is 5.43. The molecule has 0 heterocycles. The molecule has 0 bridgehead atoms. The van der Waals surface area contributed by atoms with Crippen LogP contribution in [0.5, 0.6) is 0 Å². The molecular formula is C12H14. The largest absolute Gasteiger partial charge is 0.132 e. The van der Waals surface area contributed by atoms with Gasteiger partial charge in [-0.2, -0.15) is 0 Å². The zero-order valence-corrected chi connectivity index (χ0v) is 7.72. The predicted octanol–water partition coefficient (Wildman–Crippen LogP) is 3.41. The van der Waals surface area contributed by atoms with E-state index in [1.807, 2.05) is 12.2 Å². The Balaban J connectivity index is 3.10. The molecule has 0 aliphatic heterocycles. The molecule has 0 aromatic heterocycles. The molecule has 0 saturated carbocycles. The number of hydrogen-bond donors (Lipinski definition) is 0. The van der Waals surface area contributed by atoms with Crippen LogP contribution in [0.3, 0.4) is 0 Å². The first-order valence-electron chi connectivity index (χ1n) is 4.02. The van der Waals surface area contributed by atoms with E-state index in [2.05, 4.69) is 44.9 Å². The first-order chi connectivity index (χ1) is 5.58. The summed E-state index contributed by atoms with van der Waals surface area (Å²) in [5.41, 5.74) is 5.16. The van der Waals surface area contributed by atoms with Crippen LogP contribution in [0.25, 0.3) is 0 Å². The molecule has 1 unspecified atom stereocenters. The maximum absolute atomic E-state index is 3.88. The summed E-state index contributed by atoms with van der Waals surface area (Å²) in [6.45, 7) is 11.7. The summed E-state index contributed by atoms with van der Waals surface area (Å²) in [6.07, 6.45) is 8.22. The first kappa shape index (κ1) is 8.83. The maximum Gasteiger partial charge on any atom is 0.0321 e. The SMILES string of the molecule is C=C=CC1(C)C=CC(=C)C=C1C. The van der Waals surface area contributed by atoms with Gasteiger partial charge >= 0.3 is 0 Å². The highest BCUT2D eigenvalue weighted by Gasteiger charge is 2.21. The third kappa shape index (κ3) is 1.49. The van der Waals surface area contributed by atoms with Gasteiger partial charge in [0.15, 0.2) is 0 Å². The molecule has 0 spiro atoms. The molecule has 62 valence electrons. The lowest BCUT2D eigenvalue weighted by Gasteiger charge is -2.25. The van der Waals surface area contributed by atoms with Crippen LogP contribution in [-0.4, -0.2) is 0 Å². The fraction of sp³-hybridized carbons (Fsp3) is 0.250. The fourth-order valence-corrected chi connectivity index (χ4v) is 1.27. The molecule has 0 N–H and O–H groups in total. The summed E-state index contributed by atoms with van der Waals surface area (Å²) in [7, 11) is 0. The Hall–Kier alpha value is -1.26. The standard InChI is InChI=1S/C12H14/c1-5-7-12(4)8-6-10(2)9-11(12)3/h6-9H,1-2H2,3-4H3. The second kappa shape index (κ2) is 3.00. The monoisotopic (exact) mass is 158 g/mol. The Kier molecular flexibility index (Phi) is 2.21. The van der Waals surface area contributed by atoms with E-state index in [-0.39, 0.29) is 5.41 Å². The molecule has 0 amide bonds. The summed E-state index contributed by atoms with van der Waals surface area (Å²) in [6, 6.07) is 0. The zero-order valence-electron chi connectivity index (χ0n) is 7.72. The Labute approximate surface area is 74.3 Å². The van der Waals surface area contributed by atoms with Crippen molar-refractivity contribution in [3.63, 3.8) is 0 Å². The van der Waals surface area contributed by atoms with E-state index in [0.717, 1.165) is 5.57 Å². The molecule has 1 atom stereocenters. The molecule has 12 heavy (non-hydrogen) atoms. The van der Waals surface area contributed by atoms with Gasteiger partial charge in [0.25, 0.3) is 0 Å². The molecule has 0 aromatic rings. The van der Waals surface area contributed by atoms with Crippen LogP contribution < -0.4 is 0 Å². The molecule has 0 heteroatoms. The third-order valence-corrected chi connectivity index (χ3v) is 2.30. The van der Waals surface area contributed by atoms with Crippen LogP contribution >= 0.6 is 0 Å². The summed E-state index contributed by atoms with van der Waals surface area (Å²) in [5, 5.41) is 0. The van der Waals surface area contributed by atoms with Gasteiger partial charge in [0.05, 0.1) is 0 Å². The Morgan fingerprint density at radius 2 is 2.25 bits per heavy atom. The topological polar surface area (TPSA) is 0 Å². The fourth-order valence-electron chi connectivity index (χ4n) is 1.27. The van der Waals surface area contributed by atoms with Crippen molar-refractivity contribution in [2.24, 2.45) is 5.41 Å². The second-order valence-electron chi connectivity index (χ2n) is 3.37. The van der Waals surface area contributed by atoms with Crippen LogP contribution in [-0.2, 0) is 0 Å². The lowest BCUT2D eigenvalue weighted by molar-refractivity contribution is 0.657. The molecule has 1 aliphatic rings. The smallest absolute Gasteiger partial charge is 0.0321 e. The van der Waals surface area contributed by atoms with Crippen molar-refractivity contribution < 1.29 is 0 Å². The summed E-state index contributed by atoms with van der Waals surface area (Å²) >= 11 is 0. The van der Waals surface area contributed by atoms with Gasteiger partial charge in [-0.15, -0.1) is 5.73 Å². The average Bonchev–Trinajstić information content (AvgIpc) is 1.99. The second-order valence-corrected chi connectivity index (χ2v) is 3.37. The van der Waals surface area contributed by atoms with Crippen LogP contribution in [0, 0.1) is 5.41 Å². The zero-order chi connectivity index (χ0) is 9.19. The molecule has 0 saturated heterocycles.